The number of benzene rings is 1. The molecule has 2 rings (SSSR count). The molecule has 0 aliphatic heterocycles. The molecule has 0 unspecified atom stereocenters. The highest BCUT2D eigenvalue weighted by atomic mass is 32.2. The Hall–Kier alpha value is -2.09. The number of hydrogen-bond donors (Lipinski definition) is 2. The van der Waals surface area contributed by atoms with E-state index in [4.69, 9.17) is 0 Å². The van der Waals surface area contributed by atoms with Gasteiger partial charge in [-0.15, -0.1) is 5.10 Å². The van der Waals surface area contributed by atoms with Gasteiger partial charge >= 0.3 is 5.69 Å². The number of nitrogens with zero attached hydrogens (tertiary/aromatic N) is 2. The largest absolute Gasteiger partial charge is 0.349 e. The van der Waals surface area contributed by atoms with Crippen LogP contribution in [0.3, 0.4) is 0 Å². The molecule has 0 aliphatic carbocycles. The van der Waals surface area contributed by atoms with Crippen molar-refractivity contribution in [1.29, 1.82) is 0 Å². The van der Waals surface area contributed by atoms with Gasteiger partial charge in [0.05, 0.1) is 11.8 Å². The minimum absolute atomic E-state index is 0.155. The zero-order chi connectivity index (χ0) is 17.5. The summed E-state index contributed by atoms with van der Waals surface area (Å²) in [5, 5.41) is 9.73. The summed E-state index contributed by atoms with van der Waals surface area (Å²) in [6, 6.07) is 5.79. The van der Waals surface area contributed by atoms with E-state index in [9.17, 15) is 14.0 Å². The first-order chi connectivity index (χ1) is 11.5. The number of thioether (sulfide) groups is 1. The normalized spacial score (nSPS) is 12.1. The summed E-state index contributed by atoms with van der Waals surface area (Å²) in [7, 11) is 0. The number of hydrogen-bond acceptors (Lipinski definition) is 4. The highest BCUT2D eigenvalue weighted by Crippen LogP contribution is 2.16. The minimum Gasteiger partial charge on any atom is -0.349 e. The lowest BCUT2D eigenvalue weighted by Crippen LogP contribution is -2.28. The van der Waals surface area contributed by atoms with E-state index in [2.05, 4.69) is 15.5 Å². The third-order valence-electron chi connectivity index (χ3n) is 3.54. The van der Waals surface area contributed by atoms with Gasteiger partial charge in [0.25, 0.3) is 0 Å². The van der Waals surface area contributed by atoms with Crippen LogP contribution in [0.4, 0.5) is 4.39 Å². The average molecular weight is 352 g/mol. The Kier molecular flexibility index (Phi) is 6.60. The van der Waals surface area contributed by atoms with Crippen molar-refractivity contribution in [3.8, 4) is 0 Å². The number of carbonyl (C=O) groups excluding carboxylic acids is 1. The van der Waals surface area contributed by atoms with Gasteiger partial charge in [0, 0.05) is 6.54 Å². The number of aromatic amines is 1. The smallest absolute Gasteiger partial charge is 0.343 e. The summed E-state index contributed by atoms with van der Waals surface area (Å²) in [4.78, 5) is 23.7. The van der Waals surface area contributed by atoms with Crippen LogP contribution in [0, 0.1) is 5.82 Å². The zero-order valence-corrected chi connectivity index (χ0v) is 14.5. The van der Waals surface area contributed by atoms with E-state index in [0.717, 1.165) is 18.4 Å². The molecule has 1 heterocycles. The minimum atomic E-state index is -0.309. The van der Waals surface area contributed by atoms with E-state index in [1.807, 2.05) is 13.8 Å². The quantitative estimate of drug-likeness (QED) is 0.715. The molecule has 0 aliphatic rings. The Balaban J connectivity index is 1.89. The molecule has 6 nitrogen and oxygen atoms in total. The van der Waals surface area contributed by atoms with E-state index in [-0.39, 0.29) is 29.2 Å². The highest BCUT2D eigenvalue weighted by molar-refractivity contribution is 7.99. The van der Waals surface area contributed by atoms with E-state index < -0.39 is 0 Å². The van der Waals surface area contributed by atoms with Crippen LogP contribution in [0.2, 0.25) is 0 Å². The van der Waals surface area contributed by atoms with Gasteiger partial charge in [-0.1, -0.05) is 37.2 Å². The van der Waals surface area contributed by atoms with E-state index in [1.54, 1.807) is 16.7 Å². The van der Waals surface area contributed by atoms with Crippen molar-refractivity contribution in [2.45, 2.75) is 44.4 Å². The summed E-state index contributed by atoms with van der Waals surface area (Å²) in [6.07, 6.45) is 1.85. The lowest BCUT2D eigenvalue weighted by Gasteiger charge is -2.14. The number of rotatable bonds is 8. The summed E-state index contributed by atoms with van der Waals surface area (Å²) >= 11 is 1.21. The topological polar surface area (TPSA) is 79.8 Å². The second kappa shape index (κ2) is 8.68. The Bertz CT molecular complexity index is 726. The van der Waals surface area contributed by atoms with Gasteiger partial charge in [-0.2, -0.15) is 0 Å². The number of halogens is 1. The van der Waals surface area contributed by atoms with E-state index in [1.165, 1.54) is 23.9 Å². The molecule has 0 spiro atoms. The molecule has 24 heavy (non-hydrogen) atoms. The molecule has 0 saturated heterocycles. The summed E-state index contributed by atoms with van der Waals surface area (Å²) in [6.45, 7) is 4.46. The molecule has 0 saturated carbocycles. The highest BCUT2D eigenvalue weighted by Gasteiger charge is 2.13. The van der Waals surface area contributed by atoms with Crippen molar-refractivity contribution in [1.82, 2.24) is 20.1 Å². The number of H-pyrrole nitrogens is 1. The van der Waals surface area contributed by atoms with Crippen LogP contribution < -0.4 is 11.0 Å². The molecule has 0 radical (unpaired) electrons. The second-order valence-electron chi connectivity index (χ2n) is 5.45. The van der Waals surface area contributed by atoms with Crippen molar-refractivity contribution in [3.05, 3.63) is 46.1 Å². The van der Waals surface area contributed by atoms with Gasteiger partial charge < -0.3 is 5.32 Å². The first kappa shape index (κ1) is 18.3. The number of nitrogens with one attached hydrogen (secondary N) is 2. The molecule has 1 amide bonds. The predicted octanol–water partition coefficient (Wildman–Crippen LogP) is 2.48. The van der Waals surface area contributed by atoms with Gasteiger partial charge in [0.15, 0.2) is 5.16 Å². The molecule has 0 fully saturated rings. The van der Waals surface area contributed by atoms with Crippen LogP contribution in [-0.2, 0) is 11.3 Å². The van der Waals surface area contributed by atoms with Gasteiger partial charge in [-0.25, -0.2) is 14.3 Å². The Morgan fingerprint density at radius 2 is 2.12 bits per heavy atom. The zero-order valence-electron chi connectivity index (χ0n) is 13.7. The van der Waals surface area contributed by atoms with Crippen molar-refractivity contribution in [2.75, 3.05) is 5.75 Å². The van der Waals surface area contributed by atoms with Crippen LogP contribution in [0.5, 0.6) is 0 Å². The van der Waals surface area contributed by atoms with Gasteiger partial charge in [-0.3, -0.25) is 9.36 Å². The molecule has 2 aromatic rings. The Morgan fingerprint density at radius 1 is 1.42 bits per heavy atom. The van der Waals surface area contributed by atoms with Crippen LogP contribution >= 0.6 is 11.8 Å². The molecule has 2 N–H and O–H groups in total. The summed E-state index contributed by atoms with van der Waals surface area (Å²) < 4.78 is 14.5. The third kappa shape index (κ3) is 4.95. The average Bonchev–Trinajstić information content (AvgIpc) is 2.91. The molecule has 1 aromatic carbocycles. The number of unbranched alkanes of at least 4 members (excludes halogenated alkanes) is 1. The molecule has 8 heteroatoms. The first-order valence-corrected chi connectivity index (χ1v) is 8.82. The molecule has 0 bridgehead atoms. The second-order valence-corrected chi connectivity index (χ2v) is 6.39. The fourth-order valence-electron chi connectivity index (χ4n) is 2.17. The van der Waals surface area contributed by atoms with Gasteiger partial charge in [0.2, 0.25) is 5.91 Å². The molecule has 130 valence electrons. The summed E-state index contributed by atoms with van der Waals surface area (Å²) in [5.41, 5.74) is 0.570. The van der Waals surface area contributed by atoms with Crippen LogP contribution in [-0.4, -0.2) is 26.4 Å². The Morgan fingerprint density at radius 3 is 2.79 bits per heavy atom. The maximum atomic E-state index is 12.9. The summed E-state index contributed by atoms with van der Waals surface area (Å²) in [5.74, 6) is -0.326. The monoisotopic (exact) mass is 352 g/mol. The third-order valence-corrected chi connectivity index (χ3v) is 4.51. The fraction of sp³-hybridized carbons (Fsp3) is 0.438. The number of amides is 1. The molecule has 1 atom stereocenters. The van der Waals surface area contributed by atoms with Crippen molar-refractivity contribution >= 4 is 17.7 Å². The lowest BCUT2D eigenvalue weighted by molar-refractivity contribution is -0.119. The van der Waals surface area contributed by atoms with Crippen molar-refractivity contribution in [3.63, 3.8) is 0 Å². The predicted molar refractivity (Wildman–Crippen MR) is 91.4 cm³/mol. The van der Waals surface area contributed by atoms with Crippen molar-refractivity contribution in [2.24, 2.45) is 0 Å². The van der Waals surface area contributed by atoms with Crippen LogP contribution in [0.25, 0.3) is 0 Å². The maximum absolute atomic E-state index is 12.9. The number of carbonyl (C=O) groups is 1. The Labute approximate surface area is 143 Å². The van der Waals surface area contributed by atoms with Gasteiger partial charge in [0.1, 0.15) is 5.82 Å². The van der Waals surface area contributed by atoms with E-state index >= 15 is 0 Å². The molecular formula is C16H21FN4O2S. The van der Waals surface area contributed by atoms with Crippen LogP contribution in [0.1, 0.15) is 38.3 Å². The SMILES string of the molecule is CCCCn1c(SCC(=O)N[C@H](C)c2ccc(F)cc2)n[nH]c1=O. The molecular weight excluding hydrogens is 331 g/mol. The standard InChI is InChI=1S/C16H21FN4O2S/c1-3-4-9-21-15(23)19-20-16(21)24-10-14(22)18-11(2)12-5-7-13(17)8-6-12/h5-8,11H,3-4,9-10H2,1-2H3,(H,18,22)(H,19,23)/t11-/m1/s1. The molecule has 1 aromatic heterocycles. The maximum Gasteiger partial charge on any atom is 0.343 e. The van der Waals surface area contributed by atoms with E-state index in [0.29, 0.717) is 11.7 Å². The lowest BCUT2D eigenvalue weighted by atomic mass is 10.1. The van der Waals surface area contributed by atoms with Crippen LogP contribution in [0.15, 0.2) is 34.2 Å². The van der Waals surface area contributed by atoms with Crippen molar-refractivity contribution < 1.29 is 9.18 Å². The van der Waals surface area contributed by atoms with Gasteiger partial charge in [-0.05, 0) is 31.0 Å². The first-order valence-electron chi connectivity index (χ1n) is 7.84. The fourth-order valence-corrected chi connectivity index (χ4v) is 2.96. The number of aromatic nitrogens is 3.